The zero-order valence-electron chi connectivity index (χ0n) is 10.4. The zero-order chi connectivity index (χ0) is 13.1. The maximum absolute atomic E-state index is 5.95. The van der Waals surface area contributed by atoms with Crippen LogP contribution in [0.15, 0.2) is 24.3 Å². The van der Waals surface area contributed by atoms with Gasteiger partial charge in [-0.25, -0.2) is 4.98 Å². The van der Waals surface area contributed by atoms with Crippen molar-refractivity contribution >= 4 is 17.5 Å². The molecule has 0 saturated heterocycles. The lowest BCUT2D eigenvalue weighted by atomic mass is 10.1. The minimum Gasteiger partial charge on any atom is -0.368 e. The van der Waals surface area contributed by atoms with Crippen LogP contribution in [-0.2, 0) is 6.42 Å². The van der Waals surface area contributed by atoms with E-state index in [1.165, 1.54) is 0 Å². The summed E-state index contributed by atoms with van der Waals surface area (Å²) in [6.07, 6.45) is 0.604. The molecule has 0 bridgehead atoms. The topological polar surface area (TPSA) is 64.7 Å². The Morgan fingerprint density at radius 1 is 1.22 bits per heavy atom. The van der Waals surface area contributed by atoms with E-state index >= 15 is 0 Å². The fourth-order valence-electron chi connectivity index (χ4n) is 1.62. The van der Waals surface area contributed by atoms with Crippen molar-refractivity contribution in [3.8, 4) is 0 Å². The Morgan fingerprint density at radius 3 is 2.67 bits per heavy atom. The van der Waals surface area contributed by atoms with Crippen LogP contribution in [0.4, 0.5) is 5.95 Å². The summed E-state index contributed by atoms with van der Waals surface area (Å²) < 4.78 is 0. The van der Waals surface area contributed by atoms with Crippen LogP contribution in [0.2, 0.25) is 5.02 Å². The van der Waals surface area contributed by atoms with Crippen molar-refractivity contribution in [2.75, 3.05) is 5.73 Å². The van der Waals surface area contributed by atoms with Crippen molar-refractivity contribution in [3.63, 3.8) is 0 Å². The largest absolute Gasteiger partial charge is 0.368 e. The van der Waals surface area contributed by atoms with Gasteiger partial charge in [0.25, 0.3) is 0 Å². The van der Waals surface area contributed by atoms with Crippen LogP contribution in [0.5, 0.6) is 0 Å². The fourth-order valence-corrected chi connectivity index (χ4v) is 1.84. The molecule has 0 atom stereocenters. The van der Waals surface area contributed by atoms with E-state index in [2.05, 4.69) is 15.0 Å². The molecule has 0 aliphatic heterocycles. The number of aromatic nitrogens is 3. The average Bonchev–Trinajstić information content (AvgIpc) is 2.28. The predicted molar refractivity (Wildman–Crippen MR) is 72.6 cm³/mol. The van der Waals surface area contributed by atoms with Gasteiger partial charge < -0.3 is 5.73 Å². The third-order valence-corrected chi connectivity index (χ3v) is 2.72. The van der Waals surface area contributed by atoms with Crippen LogP contribution >= 0.6 is 11.6 Å². The van der Waals surface area contributed by atoms with Crippen molar-refractivity contribution in [2.24, 2.45) is 0 Å². The SMILES string of the molecule is CC(C)c1nc(N)nc(Cc2cccc(Cl)c2)n1. The van der Waals surface area contributed by atoms with E-state index in [0.717, 1.165) is 11.4 Å². The number of nitrogens with zero attached hydrogens (tertiary/aromatic N) is 3. The molecule has 2 rings (SSSR count). The van der Waals surface area contributed by atoms with Crippen LogP contribution < -0.4 is 5.73 Å². The molecule has 1 heterocycles. The Kier molecular flexibility index (Phi) is 3.77. The van der Waals surface area contributed by atoms with E-state index in [9.17, 15) is 0 Å². The van der Waals surface area contributed by atoms with Gasteiger partial charge in [0.2, 0.25) is 5.95 Å². The summed E-state index contributed by atoms with van der Waals surface area (Å²) >= 11 is 5.95. The molecule has 0 unspecified atom stereocenters. The smallest absolute Gasteiger partial charge is 0.223 e. The van der Waals surface area contributed by atoms with Crippen LogP contribution in [0.1, 0.15) is 37.0 Å². The molecule has 0 saturated carbocycles. The molecule has 0 fully saturated rings. The summed E-state index contributed by atoms with van der Waals surface area (Å²) in [6.45, 7) is 4.05. The highest BCUT2D eigenvalue weighted by atomic mass is 35.5. The number of benzene rings is 1. The molecule has 94 valence electrons. The Morgan fingerprint density at radius 2 is 2.00 bits per heavy atom. The highest BCUT2D eigenvalue weighted by Gasteiger charge is 2.08. The summed E-state index contributed by atoms with van der Waals surface area (Å²) in [6, 6.07) is 7.63. The van der Waals surface area contributed by atoms with Gasteiger partial charge in [-0.3, -0.25) is 0 Å². The minimum absolute atomic E-state index is 0.230. The van der Waals surface area contributed by atoms with Gasteiger partial charge in [-0.1, -0.05) is 37.6 Å². The van der Waals surface area contributed by atoms with Crippen LogP contribution in [-0.4, -0.2) is 15.0 Å². The average molecular weight is 263 g/mol. The molecular formula is C13H15ClN4. The number of nitrogens with two attached hydrogens (primary N) is 1. The van der Waals surface area contributed by atoms with E-state index in [1.54, 1.807) is 0 Å². The summed E-state index contributed by atoms with van der Waals surface area (Å²) in [5, 5.41) is 0.707. The first-order chi connectivity index (χ1) is 8.54. The van der Waals surface area contributed by atoms with Gasteiger partial charge in [-0.15, -0.1) is 0 Å². The van der Waals surface area contributed by atoms with E-state index in [4.69, 9.17) is 17.3 Å². The summed E-state index contributed by atoms with van der Waals surface area (Å²) in [4.78, 5) is 12.7. The molecule has 0 aliphatic carbocycles. The Balaban J connectivity index is 2.29. The second-order valence-corrected chi connectivity index (χ2v) is 4.87. The molecule has 1 aromatic carbocycles. The lowest BCUT2D eigenvalue weighted by Crippen LogP contribution is -2.08. The van der Waals surface area contributed by atoms with E-state index in [0.29, 0.717) is 17.3 Å². The molecule has 0 amide bonds. The number of nitrogen functional groups attached to an aromatic ring is 1. The molecule has 18 heavy (non-hydrogen) atoms. The maximum atomic E-state index is 5.95. The first-order valence-electron chi connectivity index (χ1n) is 5.79. The van der Waals surface area contributed by atoms with Crippen LogP contribution in [0.3, 0.4) is 0 Å². The van der Waals surface area contributed by atoms with Gasteiger partial charge >= 0.3 is 0 Å². The van der Waals surface area contributed by atoms with Crippen molar-refractivity contribution in [1.82, 2.24) is 15.0 Å². The van der Waals surface area contributed by atoms with Crippen molar-refractivity contribution in [2.45, 2.75) is 26.2 Å². The molecule has 4 nitrogen and oxygen atoms in total. The summed E-state index contributed by atoms with van der Waals surface area (Å²) in [5.74, 6) is 1.90. The molecule has 0 aliphatic rings. The minimum atomic E-state index is 0.230. The van der Waals surface area contributed by atoms with Gasteiger partial charge in [0.1, 0.15) is 11.6 Å². The summed E-state index contributed by atoms with van der Waals surface area (Å²) in [5.41, 5.74) is 6.75. The van der Waals surface area contributed by atoms with E-state index in [1.807, 2.05) is 38.1 Å². The third-order valence-electron chi connectivity index (χ3n) is 2.48. The molecule has 0 radical (unpaired) electrons. The zero-order valence-corrected chi connectivity index (χ0v) is 11.1. The van der Waals surface area contributed by atoms with Crippen molar-refractivity contribution in [1.29, 1.82) is 0 Å². The number of hydrogen-bond donors (Lipinski definition) is 1. The van der Waals surface area contributed by atoms with Crippen LogP contribution in [0.25, 0.3) is 0 Å². The molecule has 2 aromatic rings. The fraction of sp³-hybridized carbons (Fsp3) is 0.308. The third kappa shape index (κ3) is 3.17. The number of halogens is 1. The van der Waals surface area contributed by atoms with Gasteiger partial charge in [0, 0.05) is 17.4 Å². The highest BCUT2D eigenvalue weighted by molar-refractivity contribution is 6.30. The standard InChI is InChI=1S/C13H15ClN4/c1-8(2)12-16-11(17-13(15)18-12)7-9-4-3-5-10(14)6-9/h3-6,8H,7H2,1-2H3,(H2,15,16,17,18). The monoisotopic (exact) mass is 262 g/mol. The maximum Gasteiger partial charge on any atom is 0.223 e. The summed E-state index contributed by atoms with van der Waals surface area (Å²) in [7, 11) is 0. The van der Waals surface area contributed by atoms with Crippen LogP contribution in [0, 0.1) is 0 Å². The molecular weight excluding hydrogens is 248 g/mol. The van der Waals surface area contributed by atoms with Crippen molar-refractivity contribution in [3.05, 3.63) is 46.5 Å². The van der Waals surface area contributed by atoms with E-state index < -0.39 is 0 Å². The van der Waals surface area contributed by atoms with E-state index in [-0.39, 0.29) is 11.9 Å². The normalized spacial score (nSPS) is 10.9. The number of rotatable bonds is 3. The lowest BCUT2D eigenvalue weighted by molar-refractivity contribution is 0.743. The first-order valence-corrected chi connectivity index (χ1v) is 6.17. The van der Waals surface area contributed by atoms with Gasteiger partial charge in [-0.05, 0) is 17.7 Å². The number of hydrogen-bond acceptors (Lipinski definition) is 4. The predicted octanol–water partition coefficient (Wildman–Crippen LogP) is 2.82. The van der Waals surface area contributed by atoms with Gasteiger partial charge in [0.05, 0.1) is 0 Å². The Bertz CT molecular complexity index is 554. The molecule has 1 aromatic heterocycles. The lowest BCUT2D eigenvalue weighted by Gasteiger charge is -2.07. The quantitative estimate of drug-likeness (QED) is 0.924. The molecule has 2 N–H and O–H groups in total. The highest BCUT2D eigenvalue weighted by Crippen LogP contribution is 2.15. The van der Waals surface area contributed by atoms with Crippen molar-refractivity contribution < 1.29 is 0 Å². The Hall–Kier alpha value is -1.68. The Labute approximate surface area is 111 Å². The second-order valence-electron chi connectivity index (χ2n) is 4.43. The molecule has 5 heteroatoms. The number of anilines is 1. The van der Waals surface area contributed by atoms with Gasteiger partial charge in [-0.2, -0.15) is 9.97 Å². The molecule has 0 spiro atoms. The second kappa shape index (κ2) is 5.31. The van der Waals surface area contributed by atoms with Gasteiger partial charge in [0.15, 0.2) is 0 Å². The first kappa shape index (κ1) is 12.8.